The maximum atomic E-state index is 13.5. The molecular weight excluding hydrogens is 341 g/mol. The first-order valence-electron chi connectivity index (χ1n) is 9.03. The van der Waals surface area contributed by atoms with Gasteiger partial charge in [-0.2, -0.15) is 0 Å². The summed E-state index contributed by atoms with van der Waals surface area (Å²) >= 11 is 0. The fourth-order valence-electron chi connectivity index (χ4n) is 3.28. The van der Waals surface area contributed by atoms with Crippen LogP contribution in [-0.2, 0) is 0 Å². The first-order valence-corrected chi connectivity index (χ1v) is 9.03. The molecule has 3 aromatic rings. The third-order valence-electron chi connectivity index (χ3n) is 4.45. The van der Waals surface area contributed by atoms with Crippen LogP contribution in [0.5, 0.6) is 5.75 Å². The fourth-order valence-corrected chi connectivity index (χ4v) is 3.28. The van der Waals surface area contributed by atoms with Crippen LogP contribution in [0.2, 0.25) is 0 Å². The number of halogens is 1. The molecule has 3 heterocycles. The second-order valence-electron chi connectivity index (χ2n) is 7.17. The number of H-pyrrole nitrogens is 2. The quantitative estimate of drug-likeness (QED) is 0.734. The van der Waals surface area contributed by atoms with Gasteiger partial charge in [0.05, 0.1) is 27.9 Å². The van der Waals surface area contributed by atoms with Gasteiger partial charge >= 0.3 is 0 Å². The van der Waals surface area contributed by atoms with Gasteiger partial charge in [0.25, 0.3) is 0 Å². The Kier molecular flexibility index (Phi) is 4.22. The summed E-state index contributed by atoms with van der Waals surface area (Å²) in [6.45, 7) is 8.10. The Bertz CT molecular complexity index is 1260. The molecular formula is C22H22FN3O. The van der Waals surface area contributed by atoms with Crippen LogP contribution in [0, 0.1) is 19.7 Å². The Morgan fingerprint density at radius 1 is 1.11 bits per heavy atom. The maximum Gasteiger partial charge on any atom is 0.145 e. The number of rotatable bonds is 3. The van der Waals surface area contributed by atoms with E-state index in [2.05, 4.69) is 28.0 Å². The van der Waals surface area contributed by atoms with Crippen molar-refractivity contribution in [1.29, 1.82) is 0 Å². The van der Waals surface area contributed by atoms with Gasteiger partial charge in [0, 0.05) is 28.7 Å². The summed E-state index contributed by atoms with van der Waals surface area (Å²) in [5, 5.41) is 3.28. The van der Waals surface area contributed by atoms with Crippen molar-refractivity contribution < 1.29 is 9.13 Å². The Morgan fingerprint density at radius 3 is 2.63 bits per heavy atom. The van der Waals surface area contributed by atoms with Gasteiger partial charge in [-0.3, -0.25) is 0 Å². The molecule has 1 aliphatic heterocycles. The molecule has 2 aromatic heterocycles. The van der Waals surface area contributed by atoms with Gasteiger partial charge in [-0.05, 0) is 63.6 Å². The van der Waals surface area contributed by atoms with E-state index in [1.165, 1.54) is 17.7 Å². The Labute approximate surface area is 156 Å². The van der Waals surface area contributed by atoms with Gasteiger partial charge in [0.2, 0.25) is 0 Å². The van der Waals surface area contributed by atoms with Gasteiger partial charge < -0.3 is 14.7 Å². The lowest BCUT2D eigenvalue weighted by Crippen LogP contribution is -2.20. The molecule has 0 radical (unpaired) electrons. The maximum absolute atomic E-state index is 13.5. The largest absolute Gasteiger partial charge is 0.489 e. The highest BCUT2D eigenvalue weighted by atomic mass is 19.1. The molecule has 1 aromatic carbocycles. The summed E-state index contributed by atoms with van der Waals surface area (Å²) in [6, 6.07) is 8.71. The third kappa shape index (κ3) is 3.45. The number of hydrogen-bond donors (Lipinski definition) is 2. The fraction of sp³-hybridized carbons (Fsp3) is 0.227. The van der Waals surface area contributed by atoms with Crippen molar-refractivity contribution in [2.45, 2.75) is 33.8 Å². The zero-order chi connectivity index (χ0) is 19.1. The second-order valence-corrected chi connectivity index (χ2v) is 7.17. The predicted octanol–water partition coefficient (Wildman–Crippen LogP) is 1.94. The molecule has 0 unspecified atom stereocenters. The van der Waals surface area contributed by atoms with Gasteiger partial charge in [-0.15, -0.1) is 0 Å². The first-order chi connectivity index (χ1) is 12.9. The topological polar surface area (TPSA) is 53.2 Å². The Morgan fingerprint density at radius 2 is 1.93 bits per heavy atom. The summed E-state index contributed by atoms with van der Waals surface area (Å²) in [7, 11) is 0. The molecule has 4 nitrogen and oxygen atoms in total. The number of nitrogens with one attached hydrogen (secondary N) is 2. The van der Waals surface area contributed by atoms with Crippen molar-refractivity contribution in [3.05, 3.63) is 74.4 Å². The van der Waals surface area contributed by atoms with Crippen molar-refractivity contribution in [1.82, 2.24) is 9.97 Å². The summed E-state index contributed by atoms with van der Waals surface area (Å²) in [6.07, 6.45) is 4.05. The van der Waals surface area contributed by atoms with Crippen LogP contribution < -0.4 is 26.0 Å². The van der Waals surface area contributed by atoms with E-state index in [-0.39, 0.29) is 11.9 Å². The average Bonchev–Trinajstić information content (AvgIpc) is 3.25. The van der Waals surface area contributed by atoms with Crippen LogP contribution in [0.1, 0.15) is 30.8 Å². The predicted molar refractivity (Wildman–Crippen MR) is 105 cm³/mol. The highest BCUT2D eigenvalue weighted by Gasteiger charge is 2.09. The lowest BCUT2D eigenvalue weighted by molar-refractivity contribution is 0.240. The van der Waals surface area contributed by atoms with E-state index in [1.807, 2.05) is 39.0 Å². The molecule has 0 amide bonds. The minimum Gasteiger partial charge on any atom is -0.489 e. The molecule has 0 saturated heterocycles. The van der Waals surface area contributed by atoms with Gasteiger partial charge in [0.1, 0.15) is 11.6 Å². The number of benzene rings is 1. The lowest BCUT2D eigenvalue weighted by atomic mass is 10.2. The Balaban J connectivity index is 1.92. The number of fused-ring (bicyclic) bond motifs is 1. The van der Waals surface area contributed by atoms with Crippen LogP contribution in [0.15, 0.2) is 35.3 Å². The molecule has 0 atom stereocenters. The molecule has 2 N–H and O–H groups in total. The van der Waals surface area contributed by atoms with Crippen LogP contribution in [-0.4, -0.2) is 16.1 Å². The SMILES string of the molecule is Cc1cc(C)c(C=c2[nH]/c(=C3/C=c4ccc(F)cc4=N3)cc2OC(C)C)[nH]1. The van der Waals surface area contributed by atoms with E-state index < -0.39 is 0 Å². The Hall–Kier alpha value is -3.08. The lowest BCUT2D eigenvalue weighted by Gasteiger charge is -2.06. The first kappa shape index (κ1) is 17.3. The molecule has 1 aliphatic rings. The molecule has 27 heavy (non-hydrogen) atoms. The number of ether oxygens (including phenoxy) is 1. The number of hydrogen-bond acceptors (Lipinski definition) is 2. The van der Waals surface area contributed by atoms with Crippen molar-refractivity contribution in [2.24, 2.45) is 4.99 Å². The molecule has 4 rings (SSSR count). The summed E-state index contributed by atoms with van der Waals surface area (Å²) in [5.74, 6) is 0.485. The van der Waals surface area contributed by atoms with E-state index >= 15 is 0 Å². The van der Waals surface area contributed by atoms with Gasteiger partial charge in [0.15, 0.2) is 0 Å². The molecule has 0 saturated carbocycles. The summed E-state index contributed by atoms with van der Waals surface area (Å²) in [5.41, 5.74) is 4.09. The highest BCUT2D eigenvalue weighted by Crippen LogP contribution is 2.11. The van der Waals surface area contributed by atoms with Crippen LogP contribution in [0.25, 0.3) is 17.8 Å². The monoisotopic (exact) mass is 363 g/mol. The minimum atomic E-state index is -0.283. The normalized spacial score (nSPS) is 15.7. The van der Waals surface area contributed by atoms with Gasteiger partial charge in [-0.25, -0.2) is 9.38 Å². The molecule has 138 valence electrons. The van der Waals surface area contributed by atoms with Crippen LogP contribution in [0.3, 0.4) is 0 Å². The number of aryl methyl sites for hydroxylation is 2. The van der Waals surface area contributed by atoms with Gasteiger partial charge in [-0.1, -0.05) is 0 Å². The third-order valence-corrected chi connectivity index (χ3v) is 4.45. The standard InChI is InChI=1S/C22H22FN3O/c1-12(2)27-22-11-20(19-8-15-5-6-16(23)9-18(15)25-19)26-21(22)10-17-13(3)7-14(4)24-17/h5-12,24,26H,1-4H3/b20-19-,21-10?. The summed E-state index contributed by atoms with van der Waals surface area (Å²) < 4.78 is 19.5. The van der Waals surface area contributed by atoms with Crippen molar-refractivity contribution >= 4 is 17.8 Å². The molecule has 5 heteroatoms. The van der Waals surface area contributed by atoms with E-state index in [0.29, 0.717) is 5.36 Å². The van der Waals surface area contributed by atoms with Crippen LogP contribution in [0.4, 0.5) is 4.39 Å². The van der Waals surface area contributed by atoms with E-state index in [1.54, 1.807) is 6.07 Å². The van der Waals surface area contributed by atoms with Crippen molar-refractivity contribution in [3.8, 4) is 5.75 Å². The van der Waals surface area contributed by atoms with E-state index in [0.717, 1.165) is 38.8 Å². The van der Waals surface area contributed by atoms with Crippen molar-refractivity contribution in [3.63, 3.8) is 0 Å². The molecule has 0 spiro atoms. The average molecular weight is 363 g/mol. The minimum absolute atomic E-state index is 0.0491. The smallest absolute Gasteiger partial charge is 0.145 e. The number of nitrogens with zero attached hydrogens (tertiary/aromatic N) is 1. The van der Waals surface area contributed by atoms with E-state index in [9.17, 15) is 4.39 Å². The van der Waals surface area contributed by atoms with Crippen molar-refractivity contribution in [2.75, 3.05) is 0 Å². The van der Waals surface area contributed by atoms with E-state index in [4.69, 9.17) is 4.74 Å². The van der Waals surface area contributed by atoms with Crippen LogP contribution >= 0.6 is 0 Å². The number of aromatic amines is 2. The molecule has 0 bridgehead atoms. The molecule has 0 aliphatic carbocycles. The second kappa shape index (κ2) is 6.58. The zero-order valence-corrected chi connectivity index (χ0v) is 15.9. The summed E-state index contributed by atoms with van der Waals surface area (Å²) in [4.78, 5) is 11.3. The zero-order valence-electron chi connectivity index (χ0n) is 15.9. The highest BCUT2D eigenvalue weighted by molar-refractivity contribution is 5.76. The number of aromatic nitrogens is 2. The molecule has 0 fully saturated rings.